The van der Waals surface area contributed by atoms with Gasteiger partial charge in [0.1, 0.15) is 6.61 Å². The molecule has 4 heteroatoms. The number of para-hydroxylation sites is 1. The summed E-state index contributed by atoms with van der Waals surface area (Å²) in [5, 5.41) is 10.1. The summed E-state index contributed by atoms with van der Waals surface area (Å²) in [6.07, 6.45) is 0. The molecular weight excluding hydrogens is 276 g/mol. The first kappa shape index (κ1) is 14.7. The Labute approximate surface area is 123 Å². The Bertz CT molecular complexity index is 552. The van der Waals surface area contributed by atoms with Crippen LogP contribution in [0.2, 0.25) is 5.02 Å². The molecule has 0 radical (unpaired) electrons. The predicted molar refractivity (Wildman–Crippen MR) is 79.3 cm³/mol. The average Bonchev–Trinajstić information content (AvgIpc) is 2.47. The maximum absolute atomic E-state index is 9.39. The average molecular weight is 293 g/mol. The second-order valence-electron chi connectivity index (χ2n) is 4.25. The number of aliphatic hydroxyl groups is 1. The minimum Gasteiger partial charge on any atom is -0.490 e. The Balaban J connectivity index is 2.16. The van der Waals surface area contributed by atoms with Crippen molar-refractivity contribution in [2.75, 3.05) is 6.61 Å². The lowest BCUT2D eigenvalue weighted by Gasteiger charge is -2.15. The predicted octanol–water partition coefficient (Wildman–Crippen LogP) is 3.81. The van der Waals surface area contributed by atoms with Crippen LogP contribution in [0.5, 0.6) is 11.5 Å². The van der Waals surface area contributed by atoms with E-state index < -0.39 is 0 Å². The molecule has 20 heavy (non-hydrogen) atoms. The standard InChI is InChI=1S/C16H17ClO3/c1-2-19-15-5-3-4-13(10-18)16(15)20-11-12-6-8-14(17)9-7-12/h3-9,18H,2,10-11H2,1H3. The molecule has 0 saturated carbocycles. The summed E-state index contributed by atoms with van der Waals surface area (Å²) in [6, 6.07) is 12.9. The molecule has 0 aliphatic heterocycles. The summed E-state index contributed by atoms with van der Waals surface area (Å²) in [4.78, 5) is 0. The molecule has 0 fully saturated rings. The van der Waals surface area contributed by atoms with Crippen molar-refractivity contribution in [1.82, 2.24) is 0 Å². The van der Waals surface area contributed by atoms with Gasteiger partial charge < -0.3 is 14.6 Å². The Morgan fingerprint density at radius 1 is 1.05 bits per heavy atom. The summed E-state index contributed by atoms with van der Waals surface area (Å²) in [6.45, 7) is 2.77. The number of halogens is 1. The van der Waals surface area contributed by atoms with Crippen molar-refractivity contribution >= 4 is 11.6 Å². The second kappa shape index (κ2) is 7.17. The summed E-state index contributed by atoms with van der Waals surface area (Å²) in [7, 11) is 0. The summed E-state index contributed by atoms with van der Waals surface area (Å²) in [5.74, 6) is 1.24. The smallest absolute Gasteiger partial charge is 0.167 e. The maximum Gasteiger partial charge on any atom is 0.167 e. The third-order valence-corrected chi connectivity index (χ3v) is 3.08. The lowest BCUT2D eigenvalue weighted by atomic mass is 10.2. The maximum atomic E-state index is 9.39. The molecule has 0 bridgehead atoms. The van der Waals surface area contributed by atoms with Gasteiger partial charge >= 0.3 is 0 Å². The molecule has 2 aromatic carbocycles. The first-order valence-electron chi connectivity index (χ1n) is 6.47. The summed E-state index contributed by atoms with van der Waals surface area (Å²) >= 11 is 5.85. The molecule has 0 aliphatic carbocycles. The molecule has 0 spiro atoms. The number of rotatable bonds is 6. The van der Waals surface area contributed by atoms with Crippen molar-refractivity contribution in [2.24, 2.45) is 0 Å². The monoisotopic (exact) mass is 292 g/mol. The van der Waals surface area contributed by atoms with Gasteiger partial charge in [-0.3, -0.25) is 0 Å². The first-order chi connectivity index (χ1) is 9.74. The number of ether oxygens (including phenoxy) is 2. The third kappa shape index (κ3) is 3.65. The quantitative estimate of drug-likeness (QED) is 0.880. The fraction of sp³-hybridized carbons (Fsp3) is 0.250. The van der Waals surface area contributed by atoms with Gasteiger partial charge in [-0.1, -0.05) is 35.9 Å². The van der Waals surface area contributed by atoms with Gasteiger partial charge in [0, 0.05) is 10.6 Å². The highest BCUT2D eigenvalue weighted by molar-refractivity contribution is 6.30. The number of hydrogen-bond donors (Lipinski definition) is 1. The number of benzene rings is 2. The van der Waals surface area contributed by atoms with Crippen LogP contribution < -0.4 is 9.47 Å². The van der Waals surface area contributed by atoms with Crippen LogP contribution in [0.3, 0.4) is 0 Å². The molecule has 0 atom stereocenters. The van der Waals surface area contributed by atoms with Crippen LogP contribution in [-0.2, 0) is 13.2 Å². The number of hydrogen-bond acceptors (Lipinski definition) is 3. The second-order valence-corrected chi connectivity index (χ2v) is 4.69. The van der Waals surface area contributed by atoms with Crippen LogP contribution in [0, 0.1) is 0 Å². The summed E-state index contributed by atoms with van der Waals surface area (Å²) in [5.41, 5.74) is 1.72. The van der Waals surface area contributed by atoms with Crippen LogP contribution >= 0.6 is 11.6 Å². The fourth-order valence-electron chi connectivity index (χ4n) is 1.85. The SMILES string of the molecule is CCOc1cccc(CO)c1OCc1ccc(Cl)cc1. The minimum atomic E-state index is -0.0864. The Morgan fingerprint density at radius 2 is 1.80 bits per heavy atom. The van der Waals surface area contributed by atoms with E-state index in [0.29, 0.717) is 35.3 Å². The highest BCUT2D eigenvalue weighted by Gasteiger charge is 2.10. The zero-order valence-corrected chi connectivity index (χ0v) is 12.1. The Morgan fingerprint density at radius 3 is 2.45 bits per heavy atom. The van der Waals surface area contributed by atoms with E-state index in [1.165, 1.54) is 0 Å². The third-order valence-electron chi connectivity index (χ3n) is 2.83. The van der Waals surface area contributed by atoms with Gasteiger partial charge in [0.25, 0.3) is 0 Å². The van der Waals surface area contributed by atoms with Crippen molar-refractivity contribution in [2.45, 2.75) is 20.1 Å². The van der Waals surface area contributed by atoms with E-state index in [0.717, 1.165) is 5.56 Å². The highest BCUT2D eigenvalue weighted by Crippen LogP contribution is 2.32. The normalized spacial score (nSPS) is 10.3. The molecule has 0 aromatic heterocycles. The molecule has 0 saturated heterocycles. The van der Waals surface area contributed by atoms with E-state index in [1.54, 1.807) is 0 Å². The molecule has 2 aromatic rings. The molecule has 0 unspecified atom stereocenters. The van der Waals surface area contributed by atoms with Gasteiger partial charge in [-0.2, -0.15) is 0 Å². The van der Waals surface area contributed by atoms with Crippen LogP contribution in [0.25, 0.3) is 0 Å². The van der Waals surface area contributed by atoms with Crippen LogP contribution in [0.4, 0.5) is 0 Å². The van der Waals surface area contributed by atoms with Gasteiger partial charge in [0.15, 0.2) is 11.5 Å². The topological polar surface area (TPSA) is 38.7 Å². The van der Waals surface area contributed by atoms with Crippen LogP contribution in [0.15, 0.2) is 42.5 Å². The molecular formula is C16H17ClO3. The molecule has 2 rings (SSSR count). The van der Waals surface area contributed by atoms with E-state index in [1.807, 2.05) is 49.4 Å². The number of aliphatic hydroxyl groups excluding tert-OH is 1. The fourth-order valence-corrected chi connectivity index (χ4v) is 1.98. The van der Waals surface area contributed by atoms with Gasteiger partial charge in [0.05, 0.1) is 13.2 Å². The van der Waals surface area contributed by atoms with E-state index in [4.69, 9.17) is 21.1 Å². The van der Waals surface area contributed by atoms with Gasteiger partial charge in [0.2, 0.25) is 0 Å². The minimum absolute atomic E-state index is 0.0864. The van der Waals surface area contributed by atoms with Crippen molar-refractivity contribution in [3.05, 3.63) is 58.6 Å². The van der Waals surface area contributed by atoms with E-state index in [9.17, 15) is 5.11 Å². The van der Waals surface area contributed by atoms with Gasteiger partial charge in [-0.05, 0) is 30.7 Å². The highest BCUT2D eigenvalue weighted by atomic mass is 35.5. The molecule has 0 aliphatic rings. The lowest BCUT2D eigenvalue weighted by molar-refractivity contribution is 0.243. The Kier molecular flexibility index (Phi) is 5.27. The molecule has 106 valence electrons. The largest absolute Gasteiger partial charge is 0.490 e. The van der Waals surface area contributed by atoms with Crippen molar-refractivity contribution < 1.29 is 14.6 Å². The lowest BCUT2D eigenvalue weighted by Crippen LogP contribution is -2.02. The molecule has 3 nitrogen and oxygen atoms in total. The van der Waals surface area contributed by atoms with E-state index in [2.05, 4.69) is 0 Å². The Hall–Kier alpha value is -1.71. The van der Waals surface area contributed by atoms with Crippen LogP contribution in [0.1, 0.15) is 18.1 Å². The molecule has 0 amide bonds. The first-order valence-corrected chi connectivity index (χ1v) is 6.85. The van der Waals surface area contributed by atoms with E-state index >= 15 is 0 Å². The zero-order chi connectivity index (χ0) is 14.4. The van der Waals surface area contributed by atoms with Crippen molar-refractivity contribution in [3.63, 3.8) is 0 Å². The van der Waals surface area contributed by atoms with Crippen molar-refractivity contribution in [3.8, 4) is 11.5 Å². The van der Waals surface area contributed by atoms with Gasteiger partial charge in [-0.25, -0.2) is 0 Å². The van der Waals surface area contributed by atoms with E-state index in [-0.39, 0.29) is 6.61 Å². The molecule has 1 N–H and O–H groups in total. The van der Waals surface area contributed by atoms with Crippen molar-refractivity contribution in [1.29, 1.82) is 0 Å². The van der Waals surface area contributed by atoms with Gasteiger partial charge in [-0.15, -0.1) is 0 Å². The molecule has 0 heterocycles. The zero-order valence-electron chi connectivity index (χ0n) is 11.3. The summed E-state index contributed by atoms with van der Waals surface area (Å²) < 4.78 is 11.3. The van der Waals surface area contributed by atoms with Crippen LogP contribution in [-0.4, -0.2) is 11.7 Å².